The van der Waals surface area contributed by atoms with Gasteiger partial charge in [-0.25, -0.2) is 0 Å². The molecule has 0 bridgehead atoms. The van der Waals surface area contributed by atoms with Gasteiger partial charge < -0.3 is 9.47 Å². The first-order valence-corrected chi connectivity index (χ1v) is 5.09. The molecule has 14 heavy (non-hydrogen) atoms. The van der Waals surface area contributed by atoms with Crippen molar-refractivity contribution in [2.24, 2.45) is 0 Å². The van der Waals surface area contributed by atoms with Crippen molar-refractivity contribution in [1.29, 1.82) is 0 Å². The van der Waals surface area contributed by atoms with Crippen molar-refractivity contribution < 1.29 is 9.47 Å². The Hall–Kier alpha value is -0.730. The Morgan fingerprint density at radius 3 is 2.86 bits per heavy atom. The van der Waals surface area contributed by atoms with Crippen molar-refractivity contribution in [3.05, 3.63) is 28.3 Å². The molecule has 0 unspecified atom stereocenters. The lowest BCUT2D eigenvalue weighted by Gasteiger charge is -2.22. The van der Waals surface area contributed by atoms with E-state index < -0.39 is 0 Å². The van der Waals surface area contributed by atoms with Crippen LogP contribution < -0.4 is 4.74 Å². The first-order chi connectivity index (χ1) is 6.68. The van der Waals surface area contributed by atoms with Gasteiger partial charge >= 0.3 is 0 Å². The highest BCUT2D eigenvalue weighted by Gasteiger charge is 2.17. The second-order valence-electron chi connectivity index (χ2n) is 3.75. The molecule has 2 nitrogen and oxygen atoms in total. The zero-order valence-corrected chi connectivity index (χ0v) is 9.10. The molecule has 0 spiro atoms. The molecule has 2 rings (SSSR count). The van der Waals surface area contributed by atoms with Crippen LogP contribution in [0.2, 0.25) is 5.02 Å². The molecule has 1 aliphatic heterocycles. The Kier molecular flexibility index (Phi) is 2.66. The van der Waals surface area contributed by atoms with E-state index in [1.54, 1.807) is 0 Å². The number of fused-ring (bicyclic) bond motifs is 1. The largest absolute Gasteiger partial charge is 0.467 e. The van der Waals surface area contributed by atoms with E-state index in [-0.39, 0.29) is 0 Å². The highest BCUT2D eigenvalue weighted by Crippen LogP contribution is 2.35. The minimum Gasteiger partial charge on any atom is -0.467 e. The summed E-state index contributed by atoms with van der Waals surface area (Å²) in [4.78, 5) is 0. The van der Waals surface area contributed by atoms with Crippen molar-refractivity contribution in [3.63, 3.8) is 0 Å². The topological polar surface area (TPSA) is 18.5 Å². The third-order valence-electron chi connectivity index (χ3n) is 2.33. The van der Waals surface area contributed by atoms with Crippen molar-refractivity contribution >= 4 is 11.6 Å². The fraction of sp³-hybridized carbons (Fsp3) is 0.455. The van der Waals surface area contributed by atoms with E-state index in [4.69, 9.17) is 21.1 Å². The van der Waals surface area contributed by atoms with Crippen molar-refractivity contribution in [2.45, 2.75) is 26.4 Å². The molecular weight excluding hydrogens is 200 g/mol. The fourth-order valence-corrected chi connectivity index (χ4v) is 1.89. The predicted molar refractivity (Wildman–Crippen MR) is 55.8 cm³/mol. The predicted octanol–water partition coefficient (Wildman–Crippen LogP) is 3.33. The Labute approximate surface area is 88.8 Å². The molecule has 0 radical (unpaired) electrons. The number of benzene rings is 1. The SMILES string of the molecule is CC(C)c1cc(Cl)cc2c1OCOC2. The summed E-state index contributed by atoms with van der Waals surface area (Å²) < 4.78 is 10.7. The number of hydrogen-bond acceptors (Lipinski definition) is 2. The van der Waals surface area contributed by atoms with Crippen LogP contribution in [0.4, 0.5) is 0 Å². The first kappa shape index (κ1) is 9.81. The van der Waals surface area contributed by atoms with Crippen LogP contribution in [-0.2, 0) is 11.3 Å². The van der Waals surface area contributed by atoms with Crippen LogP contribution in [0.25, 0.3) is 0 Å². The van der Waals surface area contributed by atoms with Gasteiger partial charge in [-0.2, -0.15) is 0 Å². The highest BCUT2D eigenvalue weighted by atomic mass is 35.5. The van der Waals surface area contributed by atoms with Gasteiger partial charge in [0, 0.05) is 10.6 Å². The third-order valence-corrected chi connectivity index (χ3v) is 2.54. The molecule has 0 aromatic heterocycles. The van der Waals surface area contributed by atoms with Crippen LogP contribution >= 0.6 is 11.6 Å². The highest BCUT2D eigenvalue weighted by molar-refractivity contribution is 6.30. The van der Waals surface area contributed by atoms with Gasteiger partial charge in [-0.3, -0.25) is 0 Å². The standard InChI is InChI=1S/C11H13ClO2/c1-7(2)10-4-9(12)3-8-5-13-6-14-11(8)10/h3-4,7H,5-6H2,1-2H3. The number of ether oxygens (including phenoxy) is 2. The molecule has 1 aliphatic rings. The van der Waals surface area contributed by atoms with E-state index in [2.05, 4.69) is 13.8 Å². The van der Waals surface area contributed by atoms with E-state index in [1.807, 2.05) is 12.1 Å². The summed E-state index contributed by atoms with van der Waals surface area (Å²) in [5.41, 5.74) is 2.21. The van der Waals surface area contributed by atoms with Gasteiger partial charge in [0.15, 0.2) is 6.79 Å². The molecule has 1 aromatic carbocycles. The molecule has 0 saturated carbocycles. The second kappa shape index (κ2) is 3.79. The average molecular weight is 213 g/mol. The molecule has 0 fully saturated rings. The Morgan fingerprint density at radius 2 is 2.14 bits per heavy atom. The Balaban J connectivity index is 2.52. The molecule has 0 amide bonds. The second-order valence-corrected chi connectivity index (χ2v) is 4.19. The van der Waals surface area contributed by atoms with E-state index in [9.17, 15) is 0 Å². The van der Waals surface area contributed by atoms with Crippen LogP contribution in [0.1, 0.15) is 30.9 Å². The van der Waals surface area contributed by atoms with Crippen LogP contribution in [0.3, 0.4) is 0 Å². The summed E-state index contributed by atoms with van der Waals surface area (Å²) in [5, 5.41) is 0.751. The first-order valence-electron chi connectivity index (χ1n) is 4.71. The summed E-state index contributed by atoms with van der Waals surface area (Å²) in [6, 6.07) is 3.87. The summed E-state index contributed by atoms with van der Waals surface area (Å²) >= 11 is 6.01. The summed E-state index contributed by atoms with van der Waals surface area (Å²) in [7, 11) is 0. The van der Waals surface area contributed by atoms with E-state index >= 15 is 0 Å². The van der Waals surface area contributed by atoms with Gasteiger partial charge in [0.1, 0.15) is 5.75 Å². The minimum absolute atomic E-state index is 0.342. The van der Waals surface area contributed by atoms with Gasteiger partial charge in [-0.15, -0.1) is 0 Å². The Morgan fingerprint density at radius 1 is 1.36 bits per heavy atom. The number of rotatable bonds is 1. The van der Waals surface area contributed by atoms with E-state index in [0.29, 0.717) is 19.3 Å². The van der Waals surface area contributed by atoms with E-state index in [1.165, 1.54) is 0 Å². The lowest BCUT2D eigenvalue weighted by atomic mass is 9.99. The average Bonchev–Trinajstić information content (AvgIpc) is 2.16. The molecule has 3 heteroatoms. The smallest absolute Gasteiger partial charge is 0.189 e. The Bertz CT molecular complexity index is 347. The maximum absolute atomic E-state index is 6.01. The molecule has 0 aliphatic carbocycles. The monoisotopic (exact) mass is 212 g/mol. The maximum Gasteiger partial charge on any atom is 0.189 e. The normalized spacial score (nSPS) is 15.1. The quantitative estimate of drug-likeness (QED) is 0.711. The van der Waals surface area contributed by atoms with Crippen LogP contribution in [0, 0.1) is 0 Å². The van der Waals surface area contributed by atoms with Crippen molar-refractivity contribution in [3.8, 4) is 5.75 Å². The van der Waals surface area contributed by atoms with Gasteiger partial charge in [0.05, 0.1) is 6.61 Å². The molecular formula is C11H13ClO2. The summed E-state index contributed by atoms with van der Waals surface area (Å²) in [6.45, 7) is 5.19. The van der Waals surface area contributed by atoms with E-state index in [0.717, 1.165) is 21.9 Å². The summed E-state index contributed by atoms with van der Waals surface area (Å²) in [6.07, 6.45) is 0. The fourth-order valence-electron chi connectivity index (χ4n) is 1.64. The zero-order chi connectivity index (χ0) is 10.1. The molecule has 76 valence electrons. The number of halogens is 1. The maximum atomic E-state index is 6.01. The number of hydrogen-bond donors (Lipinski definition) is 0. The molecule has 1 heterocycles. The summed E-state index contributed by atoms with van der Waals surface area (Å²) in [5.74, 6) is 1.37. The van der Waals surface area contributed by atoms with Crippen LogP contribution in [-0.4, -0.2) is 6.79 Å². The zero-order valence-electron chi connectivity index (χ0n) is 8.34. The van der Waals surface area contributed by atoms with Crippen molar-refractivity contribution in [2.75, 3.05) is 6.79 Å². The van der Waals surface area contributed by atoms with Gasteiger partial charge in [-0.1, -0.05) is 25.4 Å². The molecule has 0 N–H and O–H groups in total. The molecule has 0 atom stereocenters. The van der Waals surface area contributed by atoms with Gasteiger partial charge in [0.2, 0.25) is 0 Å². The minimum atomic E-state index is 0.342. The van der Waals surface area contributed by atoms with Crippen LogP contribution in [0.15, 0.2) is 12.1 Å². The third kappa shape index (κ3) is 1.72. The van der Waals surface area contributed by atoms with Gasteiger partial charge in [0.25, 0.3) is 0 Å². The lowest BCUT2D eigenvalue weighted by molar-refractivity contribution is -0.0171. The lowest BCUT2D eigenvalue weighted by Crippen LogP contribution is -2.13. The van der Waals surface area contributed by atoms with Gasteiger partial charge in [-0.05, 0) is 23.6 Å². The molecule has 1 aromatic rings. The van der Waals surface area contributed by atoms with Crippen LogP contribution in [0.5, 0.6) is 5.75 Å². The van der Waals surface area contributed by atoms with Crippen molar-refractivity contribution in [1.82, 2.24) is 0 Å². The molecule has 0 saturated heterocycles.